The molecule has 0 heterocycles. The smallest absolute Gasteiger partial charge is 0.407 e. The van der Waals surface area contributed by atoms with E-state index in [0.717, 1.165) is 19.0 Å². The summed E-state index contributed by atoms with van der Waals surface area (Å²) in [5.41, 5.74) is -0.424. The Morgan fingerprint density at radius 1 is 1.33 bits per heavy atom. The molecule has 0 spiro atoms. The fraction of sp³-hybridized carbons (Fsp3) is 0.941. The molecule has 1 rings (SSSR count). The third-order valence-corrected chi connectivity index (χ3v) is 4.08. The van der Waals surface area contributed by atoms with E-state index in [4.69, 9.17) is 4.74 Å². The molecular weight excluding hydrogens is 264 g/mol. The Hall–Kier alpha value is -0.770. The maximum Gasteiger partial charge on any atom is 0.407 e. The highest BCUT2D eigenvalue weighted by atomic mass is 16.6. The van der Waals surface area contributed by atoms with E-state index < -0.39 is 5.60 Å². The van der Waals surface area contributed by atoms with Crippen LogP contribution in [-0.2, 0) is 4.74 Å². The maximum absolute atomic E-state index is 11.7. The number of ether oxygens (including phenoxy) is 1. The predicted molar refractivity (Wildman–Crippen MR) is 87.4 cm³/mol. The van der Waals surface area contributed by atoms with E-state index in [1.807, 2.05) is 20.8 Å². The number of rotatable bonds is 7. The van der Waals surface area contributed by atoms with Crippen molar-refractivity contribution in [1.82, 2.24) is 10.6 Å². The molecule has 1 fully saturated rings. The van der Waals surface area contributed by atoms with Gasteiger partial charge in [0.05, 0.1) is 0 Å². The van der Waals surface area contributed by atoms with E-state index in [1.54, 1.807) is 0 Å². The third kappa shape index (κ3) is 7.70. The molecule has 21 heavy (non-hydrogen) atoms. The van der Waals surface area contributed by atoms with Crippen molar-refractivity contribution in [2.24, 2.45) is 11.8 Å². The van der Waals surface area contributed by atoms with Crippen molar-refractivity contribution >= 4 is 6.09 Å². The van der Waals surface area contributed by atoms with Crippen molar-refractivity contribution in [3.63, 3.8) is 0 Å². The lowest BCUT2D eigenvalue weighted by molar-refractivity contribution is 0.0517. The van der Waals surface area contributed by atoms with Crippen LogP contribution in [0.25, 0.3) is 0 Å². The molecule has 3 unspecified atom stereocenters. The first-order valence-electron chi connectivity index (χ1n) is 8.52. The molecule has 0 radical (unpaired) electrons. The molecule has 0 aromatic heterocycles. The van der Waals surface area contributed by atoms with Crippen LogP contribution in [0.5, 0.6) is 0 Å². The van der Waals surface area contributed by atoms with Gasteiger partial charge in [0, 0.05) is 12.6 Å². The second-order valence-electron chi connectivity index (χ2n) is 7.48. The van der Waals surface area contributed by atoms with Crippen LogP contribution in [-0.4, -0.2) is 30.8 Å². The average molecular weight is 298 g/mol. The molecule has 0 aromatic carbocycles. The zero-order valence-corrected chi connectivity index (χ0v) is 14.5. The second-order valence-corrected chi connectivity index (χ2v) is 7.48. The number of nitrogens with one attached hydrogen (secondary N) is 2. The monoisotopic (exact) mass is 298 g/mol. The molecule has 3 atom stereocenters. The van der Waals surface area contributed by atoms with Gasteiger partial charge < -0.3 is 15.4 Å². The van der Waals surface area contributed by atoms with Crippen LogP contribution in [0.3, 0.4) is 0 Å². The van der Waals surface area contributed by atoms with E-state index in [9.17, 15) is 4.79 Å². The molecule has 124 valence electrons. The summed E-state index contributed by atoms with van der Waals surface area (Å²) in [6.07, 6.45) is 5.89. The fourth-order valence-corrected chi connectivity index (χ4v) is 3.03. The minimum absolute atomic E-state index is 0.299. The first-order valence-corrected chi connectivity index (χ1v) is 8.52. The molecule has 2 N–H and O–H groups in total. The van der Waals surface area contributed by atoms with Crippen LogP contribution < -0.4 is 10.6 Å². The van der Waals surface area contributed by atoms with Crippen LogP contribution in [0.2, 0.25) is 0 Å². The molecular formula is C17H34N2O2. The molecule has 1 aliphatic rings. The first kappa shape index (κ1) is 18.3. The molecule has 1 saturated carbocycles. The van der Waals surface area contributed by atoms with Crippen molar-refractivity contribution in [3.05, 3.63) is 0 Å². The average Bonchev–Trinajstić information content (AvgIpc) is 2.79. The van der Waals surface area contributed by atoms with Gasteiger partial charge in [0.25, 0.3) is 0 Å². The number of hydrogen-bond donors (Lipinski definition) is 2. The normalized spacial score (nSPS) is 23.9. The Balaban J connectivity index is 2.28. The van der Waals surface area contributed by atoms with Crippen LogP contribution in [0.1, 0.15) is 66.7 Å². The topological polar surface area (TPSA) is 50.4 Å². The lowest BCUT2D eigenvalue weighted by Gasteiger charge is -2.24. The van der Waals surface area contributed by atoms with E-state index in [2.05, 4.69) is 24.5 Å². The van der Waals surface area contributed by atoms with Gasteiger partial charge in [0.15, 0.2) is 0 Å². The standard InChI is InChI=1S/C17H34N2O2/c1-6-8-13(2)11-18-15-10-7-9-14(15)12-19-16(20)21-17(3,4)5/h13-15,18H,6-12H2,1-5H3,(H,19,20). The van der Waals surface area contributed by atoms with Gasteiger partial charge in [0.2, 0.25) is 0 Å². The summed E-state index contributed by atoms with van der Waals surface area (Å²) in [5, 5.41) is 6.62. The Morgan fingerprint density at radius 2 is 2.05 bits per heavy atom. The molecule has 0 bridgehead atoms. The summed E-state index contributed by atoms with van der Waals surface area (Å²) in [6.45, 7) is 12.0. The van der Waals surface area contributed by atoms with Crippen LogP contribution in [0.15, 0.2) is 0 Å². The first-order chi connectivity index (χ1) is 9.81. The van der Waals surface area contributed by atoms with Crippen molar-refractivity contribution in [2.45, 2.75) is 78.4 Å². The van der Waals surface area contributed by atoms with Crippen molar-refractivity contribution in [2.75, 3.05) is 13.1 Å². The molecule has 4 heteroatoms. The summed E-state index contributed by atoms with van der Waals surface area (Å²) < 4.78 is 5.29. The lowest BCUT2D eigenvalue weighted by Crippen LogP contribution is -2.42. The Bertz CT molecular complexity index is 312. The zero-order chi connectivity index (χ0) is 15.9. The van der Waals surface area contributed by atoms with E-state index in [0.29, 0.717) is 12.0 Å². The Labute approximate surface area is 130 Å². The highest BCUT2D eigenvalue weighted by Gasteiger charge is 2.28. The number of hydrogen-bond acceptors (Lipinski definition) is 3. The minimum atomic E-state index is -0.424. The highest BCUT2D eigenvalue weighted by molar-refractivity contribution is 5.67. The van der Waals surface area contributed by atoms with Crippen molar-refractivity contribution in [1.29, 1.82) is 0 Å². The van der Waals surface area contributed by atoms with E-state index in [1.165, 1.54) is 32.1 Å². The second kappa shape index (κ2) is 8.62. The summed E-state index contributed by atoms with van der Waals surface area (Å²) in [5.74, 6) is 1.27. The van der Waals surface area contributed by atoms with Gasteiger partial charge >= 0.3 is 6.09 Å². The van der Waals surface area contributed by atoms with Gasteiger partial charge in [-0.05, 0) is 58.4 Å². The third-order valence-electron chi connectivity index (χ3n) is 4.08. The zero-order valence-electron chi connectivity index (χ0n) is 14.5. The van der Waals surface area contributed by atoms with Gasteiger partial charge in [-0.1, -0.05) is 26.7 Å². The summed E-state index contributed by atoms with van der Waals surface area (Å²) in [7, 11) is 0. The summed E-state index contributed by atoms with van der Waals surface area (Å²) in [4.78, 5) is 11.7. The van der Waals surface area contributed by atoms with Gasteiger partial charge in [0.1, 0.15) is 5.60 Å². The van der Waals surface area contributed by atoms with E-state index >= 15 is 0 Å². The number of carbonyl (C=O) groups excluding carboxylic acids is 1. The Kier molecular flexibility index (Phi) is 7.50. The van der Waals surface area contributed by atoms with Crippen LogP contribution >= 0.6 is 0 Å². The van der Waals surface area contributed by atoms with Crippen LogP contribution in [0, 0.1) is 11.8 Å². The largest absolute Gasteiger partial charge is 0.444 e. The quantitative estimate of drug-likeness (QED) is 0.753. The van der Waals surface area contributed by atoms with E-state index in [-0.39, 0.29) is 6.09 Å². The molecule has 1 amide bonds. The molecule has 1 aliphatic carbocycles. The molecule has 4 nitrogen and oxygen atoms in total. The lowest BCUT2D eigenvalue weighted by atomic mass is 10.0. The Morgan fingerprint density at radius 3 is 2.67 bits per heavy atom. The van der Waals surface area contributed by atoms with Gasteiger partial charge in [-0.3, -0.25) is 0 Å². The minimum Gasteiger partial charge on any atom is -0.444 e. The number of carbonyl (C=O) groups is 1. The van der Waals surface area contributed by atoms with Gasteiger partial charge in [-0.25, -0.2) is 4.79 Å². The van der Waals surface area contributed by atoms with Crippen molar-refractivity contribution < 1.29 is 9.53 Å². The summed E-state index contributed by atoms with van der Waals surface area (Å²) in [6, 6.07) is 0.541. The maximum atomic E-state index is 11.7. The SMILES string of the molecule is CCCC(C)CNC1CCCC1CNC(=O)OC(C)(C)C. The number of alkyl carbamates (subject to hydrolysis) is 1. The highest BCUT2D eigenvalue weighted by Crippen LogP contribution is 2.25. The van der Waals surface area contributed by atoms with Gasteiger partial charge in [-0.2, -0.15) is 0 Å². The van der Waals surface area contributed by atoms with Gasteiger partial charge in [-0.15, -0.1) is 0 Å². The molecule has 0 aliphatic heterocycles. The molecule has 0 aromatic rings. The van der Waals surface area contributed by atoms with Crippen LogP contribution in [0.4, 0.5) is 4.79 Å². The number of amides is 1. The van der Waals surface area contributed by atoms with Crippen molar-refractivity contribution in [3.8, 4) is 0 Å². The summed E-state index contributed by atoms with van der Waals surface area (Å²) >= 11 is 0. The fourth-order valence-electron chi connectivity index (χ4n) is 3.03. The molecule has 0 saturated heterocycles. The predicted octanol–water partition coefficient (Wildman–Crippen LogP) is 3.71.